The topological polar surface area (TPSA) is 185 Å². The van der Waals surface area contributed by atoms with E-state index < -0.39 is 24.1 Å². The summed E-state index contributed by atoms with van der Waals surface area (Å²) in [5, 5.41) is 32.5. The number of aliphatic hydroxyl groups is 2. The van der Waals surface area contributed by atoms with E-state index in [-0.39, 0.29) is 71.4 Å². The summed E-state index contributed by atoms with van der Waals surface area (Å²) in [4.78, 5) is 19.5. The molecule has 0 saturated carbocycles. The Morgan fingerprint density at radius 1 is 0.812 bits per heavy atom. The van der Waals surface area contributed by atoms with Gasteiger partial charge in [0.2, 0.25) is 0 Å². The first-order valence-electron chi connectivity index (χ1n) is 2.78. The molecule has 90 valence electrons. The van der Waals surface area contributed by atoms with E-state index in [1.54, 1.807) is 0 Å². The Morgan fingerprint density at radius 3 is 1.00 bits per heavy atom. The molecule has 0 aliphatic carbocycles. The van der Waals surface area contributed by atoms with Gasteiger partial charge < -0.3 is 32.7 Å². The van der Waals surface area contributed by atoms with E-state index in [0.29, 0.717) is 0 Å². The first-order valence-corrected chi connectivity index (χ1v) is 2.78. The molecule has 0 aliphatic rings. The molecule has 0 fully saturated rings. The molecule has 0 aromatic carbocycles. The molecule has 0 bridgehead atoms. The summed E-state index contributed by atoms with van der Waals surface area (Å²) in [5.41, 5.74) is 0. The molecule has 10 heteroatoms. The van der Waals surface area contributed by atoms with Crippen LogP contribution < -0.4 is 12.3 Å². The molecule has 2 unspecified atom stereocenters. The van der Waals surface area contributed by atoms with Crippen molar-refractivity contribution in [1.82, 2.24) is 12.3 Å². The number of rotatable bonds is 3. The quantitative estimate of drug-likeness (QED) is 0.241. The van der Waals surface area contributed by atoms with Crippen molar-refractivity contribution < 1.29 is 30.0 Å². The van der Waals surface area contributed by atoms with Crippen LogP contribution in [0.1, 0.15) is 0 Å². The van der Waals surface area contributed by atoms with E-state index in [2.05, 4.69) is 13.2 Å². The predicted molar refractivity (Wildman–Crippen MR) is 62.9 cm³/mol. The van der Waals surface area contributed by atoms with Crippen LogP contribution in [0.5, 0.6) is 0 Å². The second-order valence-electron chi connectivity index (χ2n) is 1.57. The number of carboxylic acids is 2. The molecule has 0 aromatic rings. The summed E-state index contributed by atoms with van der Waals surface area (Å²) in [7, 11) is 0. The van der Waals surface area contributed by atoms with Gasteiger partial charge in [0, 0.05) is 0 Å². The normalized spacial score (nSPS) is 10.1. The molecule has 0 spiro atoms. The van der Waals surface area contributed by atoms with E-state index >= 15 is 0 Å². The molecule has 0 rings (SSSR count). The second kappa shape index (κ2) is 20.9. The van der Waals surface area contributed by atoms with Crippen molar-refractivity contribution in [2.45, 2.75) is 12.2 Å². The van der Waals surface area contributed by atoms with Gasteiger partial charge in [0.05, 0.1) is 0 Å². The van der Waals surface area contributed by atoms with Crippen molar-refractivity contribution in [3.8, 4) is 0 Å². The Balaban J connectivity index is -0.0000000393. The van der Waals surface area contributed by atoms with Crippen LogP contribution in [-0.2, 0) is 9.59 Å². The van der Waals surface area contributed by atoms with Gasteiger partial charge in [-0.3, -0.25) is 0 Å². The van der Waals surface area contributed by atoms with Gasteiger partial charge in [-0.1, -0.05) is 0 Å². The van der Waals surface area contributed by atoms with Crippen molar-refractivity contribution >= 4 is 71.1 Å². The third-order valence-electron chi connectivity index (χ3n) is 0.805. The van der Waals surface area contributed by atoms with Crippen LogP contribution >= 0.6 is 0 Å². The van der Waals surface area contributed by atoms with Crippen molar-refractivity contribution in [1.29, 1.82) is 0 Å². The van der Waals surface area contributed by atoms with Gasteiger partial charge in [0.1, 0.15) is 0 Å². The Kier molecular flexibility index (Phi) is 46.9. The first kappa shape index (κ1) is 36.0. The van der Waals surface area contributed by atoms with Gasteiger partial charge in [-0.05, 0) is 0 Å². The molecule has 10 N–H and O–H groups in total. The van der Waals surface area contributed by atoms with E-state index in [4.69, 9.17) is 20.4 Å². The van der Waals surface area contributed by atoms with Crippen LogP contribution in [0.25, 0.3) is 0 Å². The Bertz CT molecular complexity index is 164. The standard InChI is InChI=1S/C4H6O6.C2H4.2H3N.2Na.2H/c5-1(3(7)8)2(6)4(9)10;1-2;;;;;;/h1-2,5-6H,(H,7,8)(H,9,10);1-2H2;2*1H3;;;;. The zero-order chi connectivity index (χ0) is 10.3. The fourth-order valence-electron chi connectivity index (χ4n) is 0.270. The molecular formula is C6H18N2Na2O6. The van der Waals surface area contributed by atoms with Gasteiger partial charge in [-0.25, -0.2) is 9.59 Å². The van der Waals surface area contributed by atoms with Crippen LogP contribution in [0, 0.1) is 0 Å². The van der Waals surface area contributed by atoms with E-state index in [0.717, 1.165) is 0 Å². The number of aliphatic carboxylic acids is 2. The Morgan fingerprint density at radius 2 is 0.938 bits per heavy atom. The third-order valence-corrected chi connectivity index (χ3v) is 0.805. The zero-order valence-electron chi connectivity index (χ0n) is 7.59. The summed E-state index contributed by atoms with van der Waals surface area (Å²) in [6.45, 7) is 6.00. The molecule has 0 aromatic heterocycles. The number of carboxylic acid groups (broad SMARTS) is 2. The fourth-order valence-corrected chi connectivity index (χ4v) is 0.270. The van der Waals surface area contributed by atoms with Gasteiger partial charge in [0.25, 0.3) is 0 Å². The molecule has 2 atom stereocenters. The maximum absolute atomic E-state index is 9.77. The second-order valence-corrected chi connectivity index (χ2v) is 1.57. The molecule has 16 heavy (non-hydrogen) atoms. The summed E-state index contributed by atoms with van der Waals surface area (Å²) < 4.78 is 0. The number of carbonyl (C=O) groups is 2. The molecule has 0 amide bonds. The summed E-state index contributed by atoms with van der Waals surface area (Å²) in [6.07, 6.45) is -4.53. The van der Waals surface area contributed by atoms with Crippen LogP contribution in [0.15, 0.2) is 13.2 Å². The monoisotopic (exact) mass is 260 g/mol. The van der Waals surface area contributed by atoms with Crippen molar-refractivity contribution in [3.05, 3.63) is 13.2 Å². The number of aliphatic hydroxyl groups excluding tert-OH is 2. The van der Waals surface area contributed by atoms with Crippen molar-refractivity contribution in [2.75, 3.05) is 0 Å². The van der Waals surface area contributed by atoms with Crippen LogP contribution in [0.4, 0.5) is 0 Å². The zero-order valence-corrected chi connectivity index (χ0v) is 7.59. The summed E-state index contributed by atoms with van der Waals surface area (Å²) >= 11 is 0. The van der Waals surface area contributed by atoms with Crippen LogP contribution in [0.2, 0.25) is 0 Å². The van der Waals surface area contributed by atoms with Crippen molar-refractivity contribution in [2.24, 2.45) is 0 Å². The third kappa shape index (κ3) is 16.9. The van der Waals surface area contributed by atoms with Gasteiger partial charge >= 0.3 is 71.1 Å². The molecule has 0 radical (unpaired) electrons. The Hall–Kier alpha value is 0.520. The molecule has 0 heterocycles. The first-order chi connectivity index (χ1) is 5.46. The van der Waals surface area contributed by atoms with Crippen molar-refractivity contribution in [3.63, 3.8) is 0 Å². The molecule has 0 aliphatic heterocycles. The van der Waals surface area contributed by atoms with Crippen LogP contribution in [0.3, 0.4) is 0 Å². The minimum absolute atomic E-state index is 0. The number of hydrogen-bond acceptors (Lipinski definition) is 6. The van der Waals surface area contributed by atoms with Gasteiger partial charge in [-0.15, -0.1) is 13.2 Å². The number of hydrogen-bond donors (Lipinski definition) is 6. The molecular weight excluding hydrogens is 242 g/mol. The Labute approximate surface area is 137 Å². The van der Waals surface area contributed by atoms with Gasteiger partial charge in [0.15, 0.2) is 12.2 Å². The van der Waals surface area contributed by atoms with Crippen LogP contribution in [-0.4, -0.2) is 104 Å². The van der Waals surface area contributed by atoms with E-state index in [9.17, 15) is 9.59 Å². The van der Waals surface area contributed by atoms with E-state index in [1.807, 2.05) is 0 Å². The SMILES string of the molecule is C=C.N.N.O=C(O)C(O)C(O)C(=O)O.[NaH].[NaH]. The summed E-state index contributed by atoms with van der Waals surface area (Å²) in [5.74, 6) is -3.54. The average molecular weight is 260 g/mol. The fraction of sp³-hybridized carbons (Fsp3) is 0.333. The predicted octanol–water partition coefficient (Wildman–Crippen LogP) is -2.29. The molecule has 0 saturated heterocycles. The summed E-state index contributed by atoms with van der Waals surface area (Å²) in [6, 6.07) is 0. The average Bonchev–Trinajstić information content (AvgIpc) is 2.05. The minimum atomic E-state index is -2.27. The van der Waals surface area contributed by atoms with E-state index in [1.165, 1.54) is 0 Å². The van der Waals surface area contributed by atoms with Gasteiger partial charge in [-0.2, -0.15) is 0 Å². The molecule has 8 nitrogen and oxygen atoms in total. The maximum atomic E-state index is 9.77.